The third-order valence-electron chi connectivity index (χ3n) is 5.68. The molecule has 0 spiro atoms. The molecule has 1 fully saturated rings. The minimum absolute atomic E-state index is 0.0242. The maximum absolute atomic E-state index is 15.0. The van der Waals surface area contributed by atoms with Gasteiger partial charge in [-0.05, 0) is 44.0 Å². The highest BCUT2D eigenvalue weighted by Crippen LogP contribution is 2.26. The zero-order chi connectivity index (χ0) is 25.0. The minimum atomic E-state index is -0.644. The van der Waals surface area contributed by atoms with E-state index in [2.05, 4.69) is 20.7 Å². The largest absolute Gasteiger partial charge is 0.369 e. The number of nitrogens with one attached hydrogen (secondary N) is 2. The van der Waals surface area contributed by atoms with E-state index in [-0.39, 0.29) is 28.8 Å². The average molecular weight is 486 g/mol. The number of nitrogens with zero attached hydrogens (tertiary/aromatic N) is 3. The third-order valence-corrected chi connectivity index (χ3v) is 5.68. The van der Waals surface area contributed by atoms with E-state index >= 15 is 4.39 Å². The lowest BCUT2D eigenvalue weighted by molar-refractivity contribution is -0.261. The summed E-state index contributed by atoms with van der Waals surface area (Å²) >= 11 is 0. The van der Waals surface area contributed by atoms with Crippen molar-refractivity contribution in [1.29, 1.82) is 0 Å². The Bertz CT molecular complexity index is 1190. The van der Waals surface area contributed by atoms with E-state index in [4.69, 9.17) is 9.47 Å². The van der Waals surface area contributed by atoms with Crippen LogP contribution in [0.25, 0.3) is 11.3 Å². The molecule has 1 amide bonds. The monoisotopic (exact) mass is 485 g/mol. The molecule has 10 heteroatoms. The SMILES string of the molecule is Cn1cc(-c2nc(NCCc3cccc(F)c3)c(C(=O)NCC3COC(C)(C)OC3)cc2F)cn1. The molecular weight excluding hydrogens is 456 g/mol. The number of carbonyl (C=O) groups excluding carboxylic acids is 1. The highest BCUT2D eigenvalue weighted by Gasteiger charge is 2.29. The van der Waals surface area contributed by atoms with Crippen LogP contribution in [0.4, 0.5) is 14.6 Å². The van der Waals surface area contributed by atoms with E-state index in [0.29, 0.717) is 38.3 Å². The van der Waals surface area contributed by atoms with Gasteiger partial charge in [0, 0.05) is 37.8 Å². The van der Waals surface area contributed by atoms with Gasteiger partial charge in [0.15, 0.2) is 11.6 Å². The van der Waals surface area contributed by atoms with Gasteiger partial charge in [-0.2, -0.15) is 5.10 Å². The van der Waals surface area contributed by atoms with Crippen LogP contribution in [0, 0.1) is 17.6 Å². The standard InChI is InChI=1S/C25H29F2N5O3/c1-25(2)34-14-17(15-35-25)11-29-24(33)20-10-21(27)22(18-12-30-32(3)13-18)31-23(20)28-8-7-16-5-4-6-19(26)9-16/h4-6,9-10,12-13,17H,7-8,11,14-15H2,1-3H3,(H,28,31)(H,29,33). The Balaban J connectivity index is 1.51. The number of pyridine rings is 1. The van der Waals surface area contributed by atoms with Gasteiger partial charge in [-0.3, -0.25) is 9.48 Å². The molecule has 186 valence electrons. The number of halogens is 2. The molecule has 0 radical (unpaired) electrons. The van der Waals surface area contributed by atoms with Gasteiger partial charge in [0.25, 0.3) is 5.91 Å². The Hall–Kier alpha value is -3.37. The van der Waals surface area contributed by atoms with Crippen LogP contribution in [0.1, 0.15) is 29.8 Å². The lowest BCUT2D eigenvalue weighted by Gasteiger charge is -2.34. The van der Waals surface area contributed by atoms with Crippen LogP contribution in [-0.2, 0) is 22.9 Å². The molecule has 0 aliphatic carbocycles. The fourth-order valence-electron chi connectivity index (χ4n) is 3.74. The summed E-state index contributed by atoms with van der Waals surface area (Å²) in [5.74, 6) is -1.85. The highest BCUT2D eigenvalue weighted by molar-refractivity contribution is 5.99. The molecule has 3 heterocycles. The molecule has 0 unspecified atom stereocenters. The third kappa shape index (κ3) is 6.40. The van der Waals surface area contributed by atoms with Gasteiger partial charge in [0.2, 0.25) is 0 Å². The number of hydrogen-bond donors (Lipinski definition) is 2. The van der Waals surface area contributed by atoms with Crippen LogP contribution in [0.2, 0.25) is 0 Å². The van der Waals surface area contributed by atoms with Crippen molar-refractivity contribution < 1.29 is 23.0 Å². The topological polar surface area (TPSA) is 90.3 Å². The van der Waals surface area contributed by atoms with Crippen molar-refractivity contribution in [2.75, 3.05) is 31.6 Å². The smallest absolute Gasteiger partial charge is 0.255 e. The van der Waals surface area contributed by atoms with Gasteiger partial charge in [-0.1, -0.05) is 12.1 Å². The fourth-order valence-corrected chi connectivity index (χ4v) is 3.74. The first kappa shape index (κ1) is 24.7. The quantitative estimate of drug-likeness (QED) is 0.507. The summed E-state index contributed by atoms with van der Waals surface area (Å²) < 4.78 is 41.3. The Labute approximate surface area is 202 Å². The van der Waals surface area contributed by atoms with Crippen molar-refractivity contribution in [3.63, 3.8) is 0 Å². The molecule has 35 heavy (non-hydrogen) atoms. The number of anilines is 1. The lowest BCUT2D eigenvalue weighted by Crippen LogP contribution is -2.43. The molecule has 8 nitrogen and oxygen atoms in total. The first-order chi connectivity index (χ1) is 16.7. The van der Waals surface area contributed by atoms with Gasteiger partial charge in [-0.25, -0.2) is 13.8 Å². The van der Waals surface area contributed by atoms with Crippen molar-refractivity contribution in [2.45, 2.75) is 26.1 Å². The van der Waals surface area contributed by atoms with E-state index in [0.717, 1.165) is 5.56 Å². The summed E-state index contributed by atoms with van der Waals surface area (Å²) in [4.78, 5) is 17.4. The number of aryl methyl sites for hydroxylation is 1. The first-order valence-electron chi connectivity index (χ1n) is 11.4. The Morgan fingerprint density at radius 2 is 2.00 bits per heavy atom. The predicted octanol–water partition coefficient (Wildman–Crippen LogP) is 3.54. The molecule has 1 aliphatic heterocycles. The molecule has 1 aromatic carbocycles. The molecular formula is C25H29F2N5O3. The van der Waals surface area contributed by atoms with Gasteiger partial charge >= 0.3 is 0 Å². The van der Waals surface area contributed by atoms with E-state index in [9.17, 15) is 9.18 Å². The van der Waals surface area contributed by atoms with Gasteiger partial charge in [0.1, 0.15) is 17.3 Å². The number of rotatable bonds is 8. The second kappa shape index (κ2) is 10.5. The lowest BCUT2D eigenvalue weighted by atomic mass is 10.1. The van der Waals surface area contributed by atoms with Crippen LogP contribution in [0.3, 0.4) is 0 Å². The first-order valence-corrected chi connectivity index (χ1v) is 11.4. The molecule has 0 atom stereocenters. The summed E-state index contributed by atoms with van der Waals surface area (Å²) in [5, 5.41) is 10.0. The summed E-state index contributed by atoms with van der Waals surface area (Å²) in [5.41, 5.74) is 1.44. The Morgan fingerprint density at radius 1 is 1.23 bits per heavy atom. The van der Waals surface area contributed by atoms with Gasteiger partial charge < -0.3 is 20.1 Å². The van der Waals surface area contributed by atoms with E-state index < -0.39 is 17.5 Å². The van der Waals surface area contributed by atoms with Crippen molar-refractivity contribution >= 4 is 11.7 Å². The zero-order valence-corrected chi connectivity index (χ0v) is 20.0. The summed E-state index contributed by atoms with van der Waals surface area (Å²) in [6.07, 6.45) is 3.64. The molecule has 0 bridgehead atoms. The maximum atomic E-state index is 15.0. The van der Waals surface area contributed by atoms with Crippen LogP contribution >= 0.6 is 0 Å². The molecule has 0 saturated carbocycles. The number of carbonyl (C=O) groups is 1. The highest BCUT2D eigenvalue weighted by atomic mass is 19.1. The predicted molar refractivity (Wildman–Crippen MR) is 127 cm³/mol. The molecule has 2 aromatic heterocycles. The Morgan fingerprint density at radius 3 is 2.69 bits per heavy atom. The molecule has 3 aromatic rings. The number of amides is 1. The average Bonchev–Trinajstić information content (AvgIpc) is 3.25. The van der Waals surface area contributed by atoms with E-state index in [1.807, 2.05) is 19.9 Å². The summed E-state index contributed by atoms with van der Waals surface area (Å²) in [7, 11) is 1.72. The van der Waals surface area contributed by atoms with Crippen molar-refractivity contribution in [2.24, 2.45) is 13.0 Å². The number of hydrogen-bond acceptors (Lipinski definition) is 6. The second-order valence-corrected chi connectivity index (χ2v) is 9.02. The van der Waals surface area contributed by atoms with E-state index in [1.54, 1.807) is 24.0 Å². The van der Waals surface area contributed by atoms with Crippen LogP contribution in [0.5, 0.6) is 0 Å². The normalized spacial score (nSPS) is 15.7. The van der Waals surface area contributed by atoms with Crippen LogP contribution in [0.15, 0.2) is 42.7 Å². The summed E-state index contributed by atoms with van der Waals surface area (Å²) in [6.45, 7) is 5.23. The molecule has 2 N–H and O–H groups in total. The number of ether oxygens (including phenoxy) is 2. The minimum Gasteiger partial charge on any atom is -0.369 e. The van der Waals surface area contributed by atoms with Crippen LogP contribution in [-0.4, -0.2) is 52.8 Å². The summed E-state index contributed by atoms with van der Waals surface area (Å²) in [6, 6.07) is 7.45. The Kier molecular flexibility index (Phi) is 7.42. The van der Waals surface area contributed by atoms with E-state index in [1.165, 1.54) is 24.4 Å². The van der Waals surface area contributed by atoms with Crippen molar-refractivity contribution in [3.8, 4) is 11.3 Å². The van der Waals surface area contributed by atoms with Crippen LogP contribution < -0.4 is 10.6 Å². The van der Waals surface area contributed by atoms with Gasteiger partial charge in [-0.15, -0.1) is 0 Å². The fraction of sp³-hybridized carbons (Fsp3) is 0.400. The van der Waals surface area contributed by atoms with Crippen molar-refractivity contribution in [1.82, 2.24) is 20.1 Å². The second-order valence-electron chi connectivity index (χ2n) is 9.02. The molecule has 4 rings (SSSR count). The number of benzene rings is 1. The zero-order valence-electron chi connectivity index (χ0n) is 20.0. The van der Waals surface area contributed by atoms with Gasteiger partial charge in [0.05, 0.1) is 25.0 Å². The van der Waals surface area contributed by atoms with Crippen molar-refractivity contribution in [3.05, 3.63) is 65.5 Å². The molecule has 1 saturated heterocycles. The molecule has 1 aliphatic rings. The maximum Gasteiger partial charge on any atom is 0.255 e. The number of aromatic nitrogens is 3.